The molecule has 2 saturated heterocycles. The van der Waals surface area contributed by atoms with Crippen molar-refractivity contribution < 1.29 is 4.79 Å². The summed E-state index contributed by atoms with van der Waals surface area (Å²) in [6.45, 7) is 4.33. The van der Waals surface area contributed by atoms with Gasteiger partial charge in [-0.1, -0.05) is 0 Å². The number of nitrogens with zero attached hydrogens (tertiary/aromatic N) is 1. The van der Waals surface area contributed by atoms with Gasteiger partial charge in [-0.15, -0.1) is 0 Å². The summed E-state index contributed by atoms with van der Waals surface area (Å²) in [5.74, 6) is 0.385. The van der Waals surface area contributed by atoms with E-state index in [2.05, 4.69) is 17.1 Å². The van der Waals surface area contributed by atoms with Crippen LogP contribution in [0.15, 0.2) is 0 Å². The van der Waals surface area contributed by atoms with Gasteiger partial charge in [-0.2, -0.15) is 0 Å². The molecule has 0 spiro atoms. The maximum atomic E-state index is 11.8. The van der Waals surface area contributed by atoms with Gasteiger partial charge in [-0.3, -0.25) is 4.79 Å². The van der Waals surface area contributed by atoms with Crippen LogP contribution in [0.4, 0.5) is 0 Å². The zero-order chi connectivity index (χ0) is 9.97. The van der Waals surface area contributed by atoms with Crippen molar-refractivity contribution in [2.75, 3.05) is 13.1 Å². The van der Waals surface area contributed by atoms with Gasteiger partial charge in [0.25, 0.3) is 0 Å². The highest BCUT2D eigenvalue weighted by molar-refractivity contribution is 5.77. The molecule has 0 aromatic rings. The number of nitrogens with one attached hydrogen (secondary N) is 1. The minimum atomic E-state index is 0.385. The van der Waals surface area contributed by atoms with E-state index >= 15 is 0 Å². The second-order valence-corrected chi connectivity index (χ2v) is 4.52. The summed E-state index contributed by atoms with van der Waals surface area (Å²) >= 11 is 0. The topological polar surface area (TPSA) is 32.3 Å². The smallest absolute Gasteiger partial charge is 0.223 e. The SMILES string of the molecule is CC1CCCC(=O)N1C1CCNCC1. The third-order valence-electron chi connectivity index (χ3n) is 3.48. The summed E-state index contributed by atoms with van der Waals surface area (Å²) in [6.07, 6.45) is 5.32. The van der Waals surface area contributed by atoms with Gasteiger partial charge in [-0.25, -0.2) is 0 Å². The van der Waals surface area contributed by atoms with Crippen molar-refractivity contribution in [1.29, 1.82) is 0 Å². The van der Waals surface area contributed by atoms with Crippen LogP contribution in [-0.2, 0) is 4.79 Å². The molecule has 2 heterocycles. The maximum Gasteiger partial charge on any atom is 0.223 e. The van der Waals surface area contributed by atoms with E-state index in [1.165, 1.54) is 6.42 Å². The number of piperidine rings is 2. The highest BCUT2D eigenvalue weighted by Gasteiger charge is 2.31. The van der Waals surface area contributed by atoms with Crippen LogP contribution >= 0.6 is 0 Å². The number of rotatable bonds is 1. The van der Waals surface area contributed by atoms with E-state index in [0.29, 0.717) is 18.0 Å². The molecule has 1 atom stereocenters. The molecule has 0 aliphatic carbocycles. The normalized spacial score (nSPS) is 30.8. The van der Waals surface area contributed by atoms with E-state index in [1.807, 2.05) is 0 Å². The van der Waals surface area contributed by atoms with E-state index < -0.39 is 0 Å². The molecule has 2 aliphatic heterocycles. The molecular formula is C11H20N2O. The Morgan fingerprint density at radius 3 is 2.64 bits per heavy atom. The number of hydrogen-bond acceptors (Lipinski definition) is 2. The van der Waals surface area contributed by atoms with Crippen LogP contribution < -0.4 is 5.32 Å². The number of carbonyl (C=O) groups excluding carboxylic acids is 1. The summed E-state index contributed by atoms with van der Waals surface area (Å²) in [4.78, 5) is 14.0. The fourth-order valence-electron chi connectivity index (χ4n) is 2.71. The summed E-state index contributed by atoms with van der Waals surface area (Å²) in [5.41, 5.74) is 0. The highest BCUT2D eigenvalue weighted by atomic mass is 16.2. The van der Waals surface area contributed by atoms with Gasteiger partial charge in [-0.05, 0) is 45.7 Å². The molecule has 2 fully saturated rings. The van der Waals surface area contributed by atoms with Crippen LogP contribution in [0, 0.1) is 0 Å². The first-order valence-electron chi connectivity index (χ1n) is 5.81. The van der Waals surface area contributed by atoms with Crippen LogP contribution in [-0.4, -0.2) is 36.0 Å². The summed E-state index contributed by atoms with van der Waals surface area (Å²) in [5, 5.41) is 3.35. The molecular weight excluding hydrogens is 176 g/mol. The lowest BCUT2D eigenvalue weighted by molar-refractivity contribution is -0.139. The molecule has 2 aliphatic rings. The van der Waals surface area contributed by atoms with Crippen LogP contribution in [0.25, 0.3) is 0 Å². The molecule has 3 nitrogen and oxygen atoms in total. The van der Waals surface area contributed by atoms with Crippen molar-refractivity contribution in [2.24, 2.45) is 0 Å². The molecule has 1 amide bonds. The molecule has 3 heteroatoms. The highest BCUT2D eigenvalue weighted by Crippen LogP contribution is 2.24. The maximum absolute atomic E-state index is 11.8. The molecule has 14 heavy (non-hydrogen) atoms. The standard InChI is InChI=1S/C11H20N2O/c1-9-3-2-4-11(14)13(9)10-5-7-12-8-6-10/h9-10,12H,2-8H2,1H3. The zero-order valence-corrected chi connectivity index (χ0v) is 8.96. The molecule has 0 saturated carbocycles. The minimum Gasteiger partial charge on any atom is -0.337 e. The number of likely N-dealkylation sites (tertiary alicyclic amines) is 1. The van der Waals surface area contributed by atoms with Gasteiger partial charge in [0.2, 0.25) is 5.91 Å². The van der Waals surface area contributed by atoms with Crippen LogP contribution in [0.1, 0.15) is 39.0 Å². The first-order chi connectivity index (χ1) is 6.79. The van der Waals surface area contributed by atoms with Gasteiger partial charge >= 0.3 is 0 Å². The van der Waals surface area contributed by atoms with E-state index in [0.717, 1.165) is 38.8 Å². The van der Waals surface area contributed by atoms with Gasteiger partial charge in [0.05, 0.1) is 0 Å². The number of amides is 1. The fraction of sp³-hybridized carbons (Fsp3) is 0.909. The number of hydrogen-bond donors (Lipinski definition) is 1. The quantitative estimate of drug-likeness (QED) is 0.682. The van der Waals surface area contributed by atoms with Crippen LogP contribution in [0.5, 0.6) is 0 Å². The molecule has 0 aromatic heterocycles. The Bertz CT molecular complexity index is 211. The Balaban J connectivity index is 2.01. The third kappa shape index (κ3) is 1.92. The second kappa shape index (κ2) is 4.30. The van der Waals surface area contributed by atoms with Gasteiger partial charge in [0.15, 0.2) is 0 Å². The van der Waals surface area contributed by atoms with Crippen molar-refractivity contribution in [3.63, 3.8) is 0 Å². The van der Waals surface area contributed by atoms with E-state index in [4.69, 9.17) is 0 Å². The Kier molecular flexibility index (Phi) is 3.06. The first kappa shape index (κ1) is 9.97. The van der Waals surface area contributed by atoms with Crippen LogP contribution in [0.3, 0.4) is 0 Å². The third-order valence-corrected chi connectivity index (χ3v) is 3.48. The Morgan fingerprint density at radius 1 is 1.29 bits per heavy atom. The van der Waals surface area contributed by atoms with Gasteiger partial charge in [0.1, 0.15) is 0 Å². The number of carbonyl (C=O) groups is 1. The monoisotopic (exact) mass is 196 g/mol. The summed E-state index contributed by atoms with van der Waals surface area (Å²) in [7, 11) is 0. The molecule has 1 N–H and O–H groups in total. The zero-order valence-electron chi connectivity index (χ0n) is 8.96. The predicted octanol–water partition coefficient (Wildman–Crippen LogP) is 1.14. The van der Waals surface area contributed by atoms with Gasteiger partial charge in [0, 0.05) is 18.5 Å². The van der Waals surface area contributed by atoms with E-state index in [-0.39, 0.29) is 0 Å². The van der Waals surface area contributed by atoms with Crippen molar-refractivity contribution in [1.82, 2.24) is 10.2 Å². The average molecular weight is 196 g/mol. The lowest BCUT2D eigenvalue weighted by Crippen LogP contribution is -2.51. The molecule has 0 aromatic carbocycles. The lowest BCUT2D eigenvalue weighted by Gasteiger charge is -2.41. The largest absolute Gasteiger partial charge is 0.337 e. The Hall–Kier alpha value is -0.570. The molecule has 80 valence electrons. The second-order valence-electron chi connectivity index (χ2n) is 4.52. The average Bonchev–Trinajstić information content (AvgIpc) is 2.19. The van der Waals surface area contributed by atoms with Crippen molar-refractivity contribution >= 4 is 5.91 Å². The predicted molar refractivity (Wildman–Crippen MR) is 56.1 cm³/mol. The molecule has 2 rings (SSSR count). The lowest BCUT2D eigenvalue weighted by atomic mass is 9.96. The van der Waals surface area contributed by atoms with Crippen molar-refractivity contribution in [2.45, 2.75) is 51.1 Å². The molecule has 1 unspecified atom stereocenters. The minimum absolute atomic E-state index is 0.385. The van der Waals surface area contributed by atoms with E-state index in [1.54, 1.807) is 0 Å². The van der Waals surface area contributed by atoms with Crippen molar-refractivity contribution in [3.05, 3.63) is 0 Å². The van der Waals surface area contributed by atoms with Crippen molar-refractivity contribution in [3.8, 4) is 0 Å². The van der Waals surface area contributed by atoms with Crippen LogP contribution in [0.2, 0.25) is 0 Å². The van der Waals surface area contributed by atoms with Gasteiger partial charge < -0.3 is 10.2 Å². The molecule has 0 radical (unpaired) electrons. The Labute approximate surface area is 85.8 Å². The first-order valence-corrected chi connectivity index (χ1v) is 5.81. The summed E-state index contributed by atoms with van der Waals surface area (Å²) in [6, 6.07) is 0.985. The fourth-order valence-corrected chi connectivity index (χ4v) is 2.71. The Morgan fingerprint density at radius 2 is 2.00 bits per heavy atom. The summed E-state index contributed by atoms with van der Waals surface area (Å²) < 4.78 is 0. The van der Waals surface area contributed by atoms with E-state index in [9.17, 15) is 4.79 Å². The molecule has 0 bridgehead atoms.